The summed E-state index contributed by atoms with van der Waals surface area (Å²) in [7, 11) is 1.32. The molecule has 0 saturated heterocycles. The van der Waals surface area contributed by atoms with Crippen molar-refractivity contribution in [2.75, 3.05) is 7.11 Å². The molecule has 0 aliphatic heterocycles. The third-order valence-corrected chi connectivity index (χ3v) is 2.75. The fourth-order valence-electron chi connectivity index (χ4n) is 1.86. The van der Waals surface area contributed by atoms with Crippen molar-refractivity contribution in [3.05, 3.63) is 0 Å². The first-order valence-electron chi connectivity index (χ1n) is 5.00. The van der Waals surface area contributed by atoms with Crippen LogP contribution in [0.15, 0.2) is 0 Å². The molecule has 4 heteroatoms. The van der Waals surface area contributed by atoms with E-state index < -0.39 is 12.0 Å². The molecule has 0 aromatic carbocycles. The van der Waals surface area contributed by atoms with Gasteiger partial charge < -0.3 is 10.5 Å². The number of hydrogen-bond acceptors (Lipinski definition) is 4. The van der Waals surface area contributed by atoms with E-state index in [0.29, 0.717) is 12.8 Å². The standard InChI is InChI=1S/C10H17NO3/c1-14-10(13)9(11)7-4-2-3-5-8(12)6-7/h7,9H,2-6,11H2,1H3. The first kappa shape index (κ1) is 11.2. The quantitative estimate of drug-likeness (QED) is 0.523. The number of Topliss-reactive ketones (excluding diaryl/α,β-unsaturated/α-hetero) is 1. The Kier molecular flexibility index (Phi) is 4.07. The average molecular weight is 199 g/mol. The third kappa shape index (κ3) is 2.80. The van der Waals surface area contributed by atoms with Crippen molar-refractivity contribution in [3.8, 4) is 0 Å². The SMILES string of the molecule is COC(=O)C(N)C1CCCCC(=O)C1. The molecule has 0 spiro atoms. The minimum atomic E-state index is -0.637. The van der Waals surface area contributed by atoms with Crippen LogP contribution >= 0.6 is 0 Å². The lowest BCUT2D eigenvalue weighted by Gasteiger charge is -2.18. The van der Waals surface area contributed by atoms with E-state index in [1.807, 2.05) is 0 Å². The zero-order valence-corrected chi connectivity index (χ0v) is 8.49. The molecule has 1 fully saturated rings. The number of ketones is 1. The van der Waals surface area contributed by atoms with Gasteiger partial charge in [-0.15, -0.1) is 0 Å². The molecule has 80 valence electrons. The Morgan fingerprint density at radius 1 is 1.57 bits per heavy atom. The molecular weight excluding hydrogens is 182 g/mol. The number of esters is 1. The van der Waals surface area contributed by atoms with Gasteiger partial charge in [-0.25, -0.2) is 0 Å². The molecule has 0 bridgehead atoms. The van der Waals surface area contributed by atoms with Gasteiger partial charge in [0.15, 0.2) is 0 Å². The summed E-state index contributed by atoms with van der Waals surface area (Å²) in [5.41, 5.74) is 5.71. The van der Waals surface area contributed by atoms with Crippen molar-refractivity contribution in [2.24, 2.45) is 11.7 Å². The lowest BCUT2D eigenvalue weighted by molar-refractivity contribution is -0.143. The van der Waals surface area contributed by atoms with E-state index in [1.165, 1.54) is 7.11 Å². The van der Waals surface area contributed by atoms with E-state index in [2.05, 4.69) is 4.74 Å². The van der Waals surface area contributed by atoms with Crippen LogP contribution in [0.4, 0.5) is 0 Å². The van der Waals surface area contributed by atoms with Gasteiger partial charge in [-0.05, 0) is 18.8 Å². The van der Waals surface area contributed by atoms with E-state index in [4.69, 9.17) is 5.73 Å². The van der Waals surface area contributed by atoms with Crippen molar-refractivity contribution in [2.45, 2.75) is 38.1 Å². The van der Waals surface area contributed by atoms with Crippen LogP contribution in [-0.4, -0.2) is 24.9 Å². The van der Waals surface area contributed by atoms with Gasteiger partial charge in [0.25, 0.3) is 0 Å². The summed E-state index contributed by atoms with van der Waals surface area (Å²) in [6, 6.07) is -0.637. The summed E-state index contributed by atoms with van der Waals surface area (Å²) in [5, 5.41) is 0. The third-order valence-electron chi connectivity index (χ3n) is 2.75. The van der Waals surface area contributed by atoms with Crippen molar-refractivity contribution in [1.29, 1.82) is 0 Å². The Morgan fingerprint density at radius 2 is 2.29 bits per heavy atom. The number of nitrogens with two attached hydrogens (primary N) is 1. The van der Waals surface area contributed by atoms with Crippen LogP contribution in [0.25, 0.3) is 0 Å². The maximum Gasteiger partial charge on any atom is 0.322 e. The van der Waals surface area contributed by atoms with Gasteiger partial charge in [-0.2, -0.15) is 0 Å². The molecule has 1 saturated carbocycles. The highest BCUT2D eigenvalue weighted by Gasteiger charge is 2.28. The van der Waals surface area contributed by atoms with Crippen LogP contribution in [0.2, 0.25) is 0 Å². The largest absolute Gasteiger partial charge is 0.468 e. The van der Waals surface area contributed by atoms with Gasteiger partial charge in [0.1, 0.15) is 11.8 Å². The molecule has 1 aliphatic rings. The Bertz CT molecular complexity index is 227. The van der Waals surface area contributed by atoms with Gasteiger partial charge in [-0.1, -0.05) is 6.42 Å². The van der Waals surface area contributed by atoms with E-state index >= 15 is 0 Å². The monoisotopic (exact) mass is 199 g/mol. The van der Waals surface area contributed by atoms with E-state index in [0.717, 1.165) is 19.3 Å². The molecular formula is C10H17NO3. The highest BCUT2D eigenvalue weighted by molar-refractivity contribution is 5.81. The summed E-state index contributed by atoms with van der Waals surface area (Å²) < 4.78 is 4.57. The zero-order valence-electron chi connectivity index (χ0n) is 8.49. The smallest absolute Gasteiger partial charge is 0.322 e. The first-order valence-corrected chi connectivity index (χ1v) is 5.00. The number of carbonyl (C=O) groups is 2. The Labute approximate surface area is 83.8 Å². The highest BCUT2D eigenvalue weighted by Crippen LogP contribution is 2.23. The number of ether oxygens (including phenoxy) is 1. The molecule has 2 atom stereocenters. The molecule has 4 nitrogen and oxygen atoms in total. The predicted octanol–water partition coefficient (Wildman–Crippen LogP) is 0.636. The predicted molar refractivity (Wildman–Crippen MR) is 51.6 cm³/mol. The second-order valence-electron chi connectivity index (χ2n) is 3.80. The van der Waals surface area contributed by atoms with Gasteiger partial charge in [0, 0.05) is 12.8 Å². The molecule has 2 unspecified atom stereocenters. The van der Waals surface area contributed by atoms with Crippen LogP contribution in [-0.2, 0) is 14.3 Å². The fourth-order valence-corrected chi connectivity index (χ4v) is 1.86. The normalized spacial score (nSPS) is 25.3. The molecule has 0 radical (unpaired) electrons. The molecule has 0 aromatic rings. The fraction of sp³-hybridized carbons (Fsp3) is 0.800. The summed E-state index contributed by atoms with van der Waals surface area (Å²) in [6.07, 6.45) is 3.80. The zero-order chi connectivity index (χ0) is 10.6. The molecule has 14 heavy (non-hydrogen) atoms. The maximum atomic E-state index is 11.3. The molecule has 1 rings (SSSR count). The summed E-state index contributed by atoms with van der Waals surface area (Å²) in [6.45, 7) is 0. The number of carbonyl (C=O) groups excluding carboxylic acids is 2. The van der Waals surface area contributed by atoms with Gasteiger partial charge >= 0.3 is 5.97 Å². The Hall–Kier alpha value is -0.900. The Morgan fingerprint density at radius 3 is 2.93 bits per heavy atom. The number of rotatable bonds is 2. The van der Waals surface area contributed by atoms with Crippen LogP contribution in [0, 0.1) is 5.92 Å². The molecule has 0 heterocycles. The number of methoxy groups -OCH3 is 1. The summed E-state index contributed by atoms with van der Waals surface area (Å²) in [4.78, 5) is 22.5. The van der Waals surface area contributed by atoms with Crippen LogP contribution in [0.1, 0.15) is 32.1 Å². The van der Waals surface area contributed by atoms with Gasteiger partial charge in [0.2, 0.25) is 0 Å². The highest BCUT2D eigenvalue weighted by atomic mass is 16.5. The van der Waals surface area contributed by atoms with E-state index in [-0.39, 0.29) is 11.7 Å². The van der Waals surface area contributed by atoms with Crippen LogP contribution in [0.5, 0.6) is 0 Å². The minimum Gasteiger partial charge on any atom is -0.468 e. The van der Waals surface area contributed by atoms with Crippen LogP contribution < -0.4 is 5.73 Å². The van der Waals surface area contributed by atoms with Crippen molar-refractivity contribution < 1.29 is 14.3 Å². The second-order valence-corrected chi connectivity index (χ2v) is 3.80. The second kappa shape index (κ2) is 5.10. The number of hydrogen-bond donors (Lipinski definition) is 1. The van der Waals surface area contributed by atoms with E-state index in [9.17, 15) is 9.59 Å². The maximum absolute atomic E-state index is 11.3. The minimum absolute atomic E-state index is 0.0301. The van der Waals surface area contributed by atoms with Gasteiger partial charge in [0.05, 0.1) is 7.11 Å². The first-order chi connectivity index (χ1) is 6.65. The molecule has 1 aliphatic carbocycles. The van der Waals surface area contributed by atoms with Crippen molar-refractivity contribution in [3.63, 3.8) is 0 Å². The van der Waals surface area contributed by atoms with Crippen molar-refractivity contribution >= 4 is 11.8 Å². The molecule has 0 amide bonds. The molecule has 2 N–H and O–H groups in total. The Balaban J connectivity index is 2.56. The summed E-state index contributed by atoms with van der Waals surface area (Å²) >= 11 is 0. The topological polar surface area (TPSA) is 69.4 Å². The van der Waals surface area contributed by atoms with Crippen LogP contribution in [0.3, 0.4) is 0 Å². The van der Waals surface area contributed by atoms with Gasteiger partial charge in [-0.3, -0.25) is 9.59 Å². The summed E-state index contributed by atoms with van der Waals surface area (Å²) in [5.74, 6) is -0.228. The average Bonchev–Trinajstić information content (AvgIpc) is 2.40. The lowest BCUT2D eigenvalue weighted by atomic mass is 9.92. The molecule has 0 aromatic heterocycles. The van der Waals surface area contributed by atoms with E-state index in [1.54, 1.807) is 0 Å². The lowest BCUT2D eigenvalue weighted by Crippen LogP contribution is -2.39. The van der Waals surface area contributed by atoms with Crippen molar-refractivity contribution in [1.82, 2.24) is 0 Å².